The van der Waals surface area contributed by atoms with Gasteiger partial charge in [0.2, 0.25) is 0 Å². The topological polar surface area (TPSA) is 109 Å². The summed E-state index contributed by atoms with van der Waals surface area (Å²) in [5, 5.41) is 16.8. The molecule has 226 valence electrons. The molecule has 0 radical (unpaired) electrons. The first-order chi connectivity index (χ1) is 20.5. The van der Waals surface area contributed by atoms with Gasteiger partial charge in [-0.25, -0.2) is 14.4 Å². The van der Waals surface area contributed by atoms with E-state index in [1.165, 1.54) is 30.6 Å². The lowest BCUT2D eigenvalue weighted by Gasteiger charge is -2.33. The molecule has 0 bridgehead atoms. The predicted octanol–water partition coefficient (Wildman–Crippen LogP) is 4.53. The minimum absolute atomic E-state index is 0.0143. The fourth-order valence-corrected chi connectivity index (χ4v) is 4.57. The van der Waals surface area contributed by atoms with E-state index < -0.39 is 23.5 Å². The van der Waals surface area contributed by atoms with Gasteiger partial charge >= 0.3 is 6.18 Å². The first-order valence-electron chi connectivity index (χ1n) is 13.6. The summed E-state index contributed by atoms with van der Waals surface area (Å²) < 4.78 is 56.5. The zero-order valence-electron chi connectivity index (χ0n) is 24.0. The molecule has 1 aromatic heterocycles. The molecule has 1 saturated heterocycles. The molecule has 13 heteroatoms. The maximum atomic E-state index is 14.6. The second kappa shape index (κ2) is 13.6. The van der Waals surface area contributed by atoms with Crippen LogP contribution in [-0.4, -0.2) is 78.2 Å². The molecule has 43 heavy (non-hydrogen) atoms. The summed E-state index contributed by atoms with van der Waals surface area (Å²) in [6, 6.07) is 7.14. The van der Waals surface area contributed by atoms with Crippen molar-refractivity contribution in [3.63, 3.8) is 0 Å². The molecule has 0 atom stereocenters. The molecule has 3 aromatic rings. The average molecular weight is 597 g/mol. The maximum Gasteiger partial charge on any atom is 0.416 e. The van der Waals surface area contributed by atoms with Gasteiger partial charge in [0.25, 0.3) is 5.91 Å². The molecule has 1 aliphatic rings. The van der Waals surface area contributed by atoms with Crippen molar-refractivity contribution in [3.8, 4) is 11.8 Å². The molecule has 2 aromatic carbocycles. The smallest absolute Gasteiger partial charge is 0.372 e. The Bertz CT molecular complexity index is 1560. The van der Waals surface area contributed by atoms with E-state index in [-0.39, 0.29) is 34.6 Å². The molecule has 4 rings (SSSR count). The van der Waals surface area contributed by atoms with Gasteiger partial charge in [0.1, 0.15) is 29.5 Å². The van der Waals surface area contributed by atoms with Crippen molar-refractivity contribution in [2.75, 3.05) is 62.8 Å². The van der Waals surface area contributed by atoms with Gasteiger partial charge in [-0.3, -0.25) is 15.1 Å². The number of carbonyl (C=O) groups is 1. The number of nitrogens with one attached hydrogen (secondary N) is 4. The van der Waals surface area contributed by atoms with Crippen LogP contribution in [0.4, 0.5) is 34.9 Å². The van der Waals surface area contributed by atoms with E-state index in [4.69, 9.17) is 5.41 Å². The van der Waals surface area contributed by atoms with Gasteiger partial charge < -0.3 is 20.9 Å². The van der Waals surface area contributed by atoms with Gasteiger partial charge in [0.05, 0.1) is 16.7 Å². The number of hydrogen-bond donors (Lipinski definition) is 4. The number of hydrogen-bond acceptors (Lipinski definition) is 8. The number of nitrogens with zero attached hydrogens (tertiary/aromatic N) is 4. The fourth-order valence-electron chi connectivity index (χ4n) is 4.57. The van der Waals surface area contributed by atoms with Crippen LogP contribution in [0.2, 0.25) is 0 Å². The highest BCUT2D eigenvalue weighted by atomic mass is 19.4. The van der Waals surface area contributed by atoms with Gasteiger partial charge in [-0.15, -0.1) is 0 Å². The highest BCUT2D eigenvalue weighted by Gasteiger charge is 2.34. The number of anilines is 3. The van der Waals surface area contributed by atoms with Crippen molar-refractivity contribution >= 4 is 28.9 Å². The van der Waals surface area contributed by atoms with E-state index in [0.717, 1.165) is 25.2 Å². The summed E-state index contributed by atoms with van der Waals surface area (Å²) in [6.45, 7) is 5.40. The lowest BCUT2D eigenvalue weighted by atomic mass is 10.0. The molecule has 9 nitrogen and oxygen atoms in total. The summed E-state index contributed by atoms with van der Waals surface area (Å²) in [4.78, 5) is 25.3. The van der Waals surface area contributed by atoms with Crippen LogP contribution >= 0.6 is 0 Å². The van der Waals surface area contributed by atoms with E-state index in [0.29, 0.717) is 36.8 Å². The quantitative estimate of drug-likeness (QED) is 0.172. The normalized spacial score (nSPS) is 14.0. The van der Waals surface area contributed by atoms with Crippen LogP contribution in [-0.2, 0) is 12.7 Å². The Morgan fingerprint density at radius 2 is 1.79 bits per heavy atom. The number of halogens is 4. The van der Waals surface area contributed by atoms with E-state index in [1.807, 2.05) is 18.9 Å². The van der Waals surface area contributed by atoms with Crippen LogP contribution in [0, 0.1) is 23.1 Å². The SMILES string of the molecule is CCNc1ncnc(NC)c1C(=N)C#Cc1cc(C(=O)Nc2ccc(CN3CCN(C)CC3)c(C(F)(F)F)c2)ccc1F. The first-order valence-corrected chi connectivity index (χ1v) is 13.6. The molecule has 2 heterocycles. The molecule has 1 amide bonds. The average Bonchev–Trinajstić information content (AvgIpc) is 2.98. The molecule has 0 spiro atoms. The first kappa shape index (κ1) is 31.4. The molecule has 0 aliphatic carbocycles. The Labute approximate surface area is 247 Å². The van der Waals surface area contributed by atoms with Gasteiger partial charge in [0.15, 0.2) is 0 Å². The Morgan fingerprint density at radius 3 is 2.47 bits per heavy atom. The summed E-state index contributed by atoms with van der Waals surface area (Å²) in [5.74, 6) is 4.42. The number of piperazine rings is 1. The zero-order valence-corrected chi connectivity index (χ0v) is 24.0. The van der Waals surface area contributed by atoms with Crippen molar-refractivity contribution in [2.24, 2.45) is 0 Å². The summed E-state index contributed by atoms with van der Waals surface area (Å²) >= 11 is 0. The maximum absolute atomic E-state index is 14.6. The van der Waals surface area contributed by atoms with Crippen molar-refractivity contribution in [2.45, 2.75) is 19.6 Å². The number of aromatic nitrogens is 2. The van der Waals surface area contributed by atoms with Gasteiger partial charge in [0, 0.05) is 57.6 Å². The molecule has 0 unspecified atom stereocenters. The van der Waals surface area contributed by atoms with Crippen LogP contribution in [0.1, 0.15) is 39.5 Å². The third kappa shape index (κ3) is 7.85. The van der Waals surface area contributed by atoms with Crippen LogP contribution in [0.5, 0.6) is 0 Å². The van der Waals surface area contributed by atoms with Crippen LogP contribution < -0.4 is 16.0 Å². The number of alkyl halides is 3. The Morgan fingerprint density at radius 1 is 1.07 bits per heavy atom. The third-order valence-electron chi connectivity index (χ3n) is 6.89. The van der Waals surface area contributed by atoms with Gasteiger partial charge in [-0.2, -0.15) is 13.2 Å². The lowest BCUT2D eigenvalue weighted by molar-refractivity contribution is -0.138. The second-order valence-electron chi connectivity index (χ2n) is 9.95. The van der Waals surface area contributed by atoms with Crippen LogP contribution in [0.25, 0.3) is 0 Å². The molecule has 1 aliphatic heterocycles. The highest BCUT2D eigenvalue weighted by Crippen LogP contribution is 2.35. The monoisotopic (exact) mass is 596 g/mol. The third-order valence-corrected chi connectivity index (χ3v) is 6.89. The van der Waals surface area contributed by atoms with Crippen molar-refractivity contribution < 1.29 is 22.4 Å². The lowest BCUT2D eigenvalue weighted by Crippen LogP contribution is -2.44. The number of benzene rings is 2. The molecular formula is C30H32F4N8O. The summed E-state index contributed by atoms with van der Waals surface area (Å²) in [7, 11) is 3.60. The minimum atomic E-state index is -4.62. The summed E-state index contributed by atoms with van der Waals surface area (Å²) in [6.07, 6.45) is -3.29. The zero-order chi connectivity index (χ0) is 31.1. The summed E-state index contributed by atoms with van der Waals surface area (Å²) in [5.41, 5.74) is -0.812. The van der Waals surface area contributed by atoms with Crippen LogP contribution in [0.3, 0.4) is 0 Å². The van der Waals surface area contributed by atoms with E-state index in [2.05, 4.69) is 42.7 Å². The molecule has 0 saturated carbocycles. The number of carbonyl (C=O) groups excluding carboxylic acids is 1. The fraction of sp³-hybridized carbons (Fsp3) is 0.333. The van der Waals surface area contributed by atoms with Crippen molar-refractivity contribution in [1.82, 2.24) is 19.8 Å². The predicted molar refractivity (Wildman–Crippen MR) is 158 cm³/mol. The van der Waals surface area contributed by atoms with Crippen molar-refractivity contribution in [3.05, 3.63) is 76.4 Å². The molecule has 4 N–H and O–H groups in total. The number of rotatable bonds is 8. The number of likely N-dealkylation sites (N-methyl/N-ethyl adjacent to an activating group) is 1. The van der Waals surface area contributed by atoms with Crippen molar-refractivity contribution in [1.29, 1.82) is 5.41 Å². The van der Waals surface area contributed by atoms with E-state index >= 15 is 0 Å². The number of amides is 1. The Hall–Kier alpha value is -4.54. The standard InChI is InChI=1S/C30H32F4N8O/c1-4-37-28-26(27(36-2)38-18-39-28)25(35)10-7-19-15-20(6-9-24(19)31)29(43)40-22-8-5-21(23(16-22)30(32,33)34)17-42-13-11-41(3)12-14-42/h5-6,8-9,15-16,18,35H,4,11-14,17H2,1-3H3,(H,40,43)(H2,36,37,38,39). The van der Waals surface area contributed by atoms with Gasteiger partial charge in [-0.1, -0.05) is 12.0 Å². The Kier molecular flexibility index (Phi) is 9.95. The largest absolute Gasteiger partial charge is 0.416 e. The Balaban J connectivity index is 1.54. The van der Waals surface area contributed by atoms with E-state index in [1.54, 1.807) is 7.05 Å². The highest BCUT2D eigenvalue weighted by molar-refractivity contribution is 6.16. The molecular weight excluding hydrogens is 564 g/mol. The molecule has 1 fully saturated rings. The van der Waals surface area contributed by atoms with Gasteiger partial charge in [-0.05, 0) is 55.8 Å². The van der Waals surface area contributed by atoms with E-state index in [9.17, 15) is 22.4 Å². The van der Waals surface area contributed by atoms with Crippen LogP contribution in [0.15, 0.2) is 42.7 Å². The second-order valence-corrected chi connectivity index (χ2v) is 9.95. The minimum Gasteiger partial charge on any atom is -0.372 e.